The van der Waals surface area contributed by atoms with Crippen molar-refractivity contribution >= 4 is 29.2 Å². The summed E-state index contributed by atoms with van der Waals surface area (Å²) in [5, 5.41) is 7.21. The van der Waals surface area contributed by atoms with Gasteiger partial charge in [-0.1, -0.05) is 11.6 Å². The highest BCUT2D eigenvalue weighted by Gasteiger charge is 2.28. The lowest BCUT2D eigenvalue weighted by molar-refractivity contribution is -0.153. The number of imide groups is 1. The van der Waals surface area contributed by atoms with Crippen molar-refractivity contribution < 1.29 is 27.5 Å². The second-order valence-corrected chi connectivity index (χ2v) is 4.74. The highest BCUT2D eigenvalue weighted by molar-refractivity contribution is 6.30. The van der Waals surface area contributed by atoms with Crippen LogP contribution in [-0.4, -0.2) is 37.8 Å². The average Bonchev–Trinajstić information content (AvgIpc) is 2.43. The van der Waals surface area contributed by atoms with Gasteiger partial charge in [0.15, 0.2) is 6.61 Å². The Balaban J connectivity index is 2.66. The van der Waals surface area contributed by atoms with Gasteiger partial charge in [0.25, 0.3) is 0 Å². The topological polar surface area (TPSA) is 79.5 Å². The molecule has 1 aromatic carbocycles. The van der Waals surface area contributed by atoms with Gasteiger partial charge in [-0.15, -0.1) is 0 Å². The fourth-order valence-corrected chi connectivity index (χ4v) is 1.65. The first-order chi connectivity index (χ1) is 10.7. The van der Waals surface area contributed by atoms with Gasteiger partial charge in [0.05, 0.1) is 12.2 Å². The van der Waals surface area contributed by atoms with Crippen molar-refractivity contribution in [3.8, 4) is 5.75 Å². The standard InChI is InChI=1S/C13H15ClF3N3O3/c1-2-18-12(22)20-11(21)6-19-9-5-8(14)3-4-10(9)23-7-13(15,16)17/h3-5,19H,2,6-7H2,1H3,(H2,18,20,21,22). The van der Waals surface area contributed by atoms with Crippen LogP contribution in [0.4, 0.5) is 23.7 Å². The number of nitrogens with one attached hydrogen (secondary N) is 3. The molecule has 0 aliphatic carbocycles. The van der Waals surface area contributed by atoms with Gasteiger partial charge < -0.3 is 15.4 Å². The number of carbonyl (C=O) groups is 2. The number of halogens is 4. The van der Waals surface area contributed by atoms with Gasteiger partial charge in [0, 0.05) is 11.6 Å². The normalized spacial score (nSPS) is 10.8. The van der Waals surface area contributed by atoms with E-state index in [1.807, 2.05) is 5.32 Å². The lowest BCUT2D eigenvalue weighted by Gasteiger charge is -2.14. The van der Waals surface area contributed by atoms with Crippen LogP contribution in [0, 0.1) is 0 Å². The Hall–Kier alpha value is -2.16. The highest BCUT2D eigenvalue weighted by Crippen LogP contribution is 2.29. The zero-order chi connectivity index (χ0) is 17.5. The van der Waals surface area contributed by atoms with E-state index in [0.29, 0.717) is 6.54 Å². The number of amides is 3. The minimum absolute atomic E-state index is 0.104. The van der Waals surface area contributed by atoms with Crippen molar-refractivity contribution in [3.05, 3.63) is 23.2 Å². The molecule has 0 radical (unpaired) electrons. The predicted octanol–water partition coefficient (Wildman–Crippen LogP) is 2.54. The van der Waals surface area contributed by atoms with E-state index >= 15 is 0 Å². The number of urea groups is 1. The van der Waals surface area contributed by atoms with Crippen molar-refractivity contribution in [1.29, 1.82) is 0 Å². The summed E-state index contributed by atoms with van der Waals surface area (Å²) in [4.78, 5) is 22.7. The molecule has 128 valence electrons. The first-order valence-corrected chi connectivity index (χ1v) is 6.89. The van der Waals surface area contributed by atoms with E-state index in [1.165, 1.54) is 18.2 Å². The zero-order valence-corrected chi connectivity index (χ0v) is 12.8. The van der Waals surface area contributed by atoms with E-state index in [4.69, 9.17) is 11.6 Å². The third-order valence-corrected chi connectivity index (χ3v) is 2.60. The Bertz CT molecular complexity index is 567. The summed E-state index contributed by atoms with van der Waals surface area (Å²) in [6.07, 6.45) is -4.49. The number of anilines is 1. The predicted molar refractivity (Wildman–Crippen MR) is 78.7 cm³/mol. The molecule has 0 aliphatic rings. The molecule has 0 heterocycles. The fraction of sp³-hybridized carbons (Fsp3) is 0.385. The molecule has 1 rings (SSSR count). The summed E-state index contributed by atoms with van der Waals surface area (Å²) in [6.45, 7) is 0.197. The van der Waals surface area contributed by atoms with Crippen LogP contribution in [0.3, 0.4) is 0 Å². The average molecular weight is 354 g/mol. The van der Waals surface area contributed by atoms with Crippen molar-refractivity contribution in [2.24, 2.45) is 0 Å². The first kappa shape index (κ1) is 18.9. The number of benzene rings is 1. The van der Waals surface area contributed by atoms with E-state index in [0.717, 1.165) is 0 Å². The number of rotatable bonds is 6. The van der Waals surface area contributed by atoms with E-state index in [2.05, 4.69) is 15.4 Å². The van der Waals surface area contributed by atoms with Gasteiger partial charge in [0.2, 0.25) is 5.91 Å². The molecule has 10 heteroatoms. The molecular formula is C13H15ClF3N3O3. The highest BCUT2D eigenvalue weighted by atomic mass is 35.5. The molecule has 3 amide bonds. The summed E-state index contributed by atoms with van der Waals surface area (Å²) < 4.78 is 41.3. The van der Waals surface area contributed by atoms with Crippen LogP contribution in [0.2, 0.25) is 5.02 Å². The summed E-state index contributed by atoms with van der Waals surface area (Å²) in [6, 6.07) is 3.25. The second kappa shape index (κ2) is 8.47. The van der Waals surface area contributed by atoms with E-state index in [9.17, 15) is 22.8 Å². The summed E-state index contributed by atoms with van der Waals surface area (Å²) in [5.74, 6) is -0.782. The molecule has 3 N–H and O–H groups in total. The summed E-state index contributed by atoms with van der Waals surface area (Å²) in [7, 11) is 0. The van der Waals surface area contributed by atoms with E-state index in [1.54, 1.807) is 6.92 Å². The molecule has 0 spiro atoms. The number of alkyl halides is 3. The Morgan fingerprint density at radius 1 is 1.30 bits per heavy atom. The van der Waals surface area contributed by atoms with Gasteiger partial charge in [-0.25, -0.2) is 4.79 Å². The van der Waals surface area contributed by atoms with Crippen molar-refractivity contribution in [3.63, 3.8) is 0 Å². The second-order valence-electron chi connectivity index (χ2n) is 4.31. The maximum Gasteiger partial charge on any atom is 0.422 e. The van der Waals surface area contributed by atoms with Gasteiger partial charge >= 0.3 is 12.2 Å². The molecule has 0 bridgehead atoms. The van der Waals surface area contributed by atoms with E-state index < -0.39 is 24.7 Å². The molecule has 0 atom stereocenters. The molecule has 0 unspecified atom stereocenters. The van der Waals surface area contributed by atoms with Gasteiger partial charge in [-0.05, 0) is 25.1 Å². The lowest BCUT2D eigenvalue weighted by atomic mass is 10.3. The van der Waals surface area contributed by atoms with Gasteiger partial charge in [-0.3, -0.25) is 10.1 Å². The van der Waals surface area contributed by atoms with Crippen LogP contribution >= 0.6 is 11.6 Å². The largest absolute Gasteiger partial charge is 0.482 e. The molecule has 0 saturated carbocycles. The monoisotopic (exact) mass is 353 g/mol. The van der Waals surface area contributed by atoms with Crippen LogP contribution in [0.25, 0.3) is 0 Å². The van der Waals surface area contributed by atoms with Gasteiger partial charge in [0.1, 0.15) is 5.75 Å². The SMILES string of the molecule is CCNC(=O)NC(=O)CNc1cc(Cl)ccc1OCC(F)(F)F. The Morgan fingerprint density at radius 2 is 2.00 bits per heavy atom. The molecule has 1 aromatic rings. The van der Waals surface area contributed by atoms with Crippen molar-refractivity contribution in [2.75, 3.05) is 25.0 Å². The molecule has 23 heavy (non-hydrogen) atoms. The maximum absolute atomic E-state index is 12.2. The Kier molecular flexibility index (Phi) is 6.95. The first-order valence-electron chi connectivity index (χ1n) is 6.52. The molecular weight excluding hydrogens is 339 g/mol. The number of hydrogen-bond acceptors (Lipinski definition) is 4. The van der Waals surface area contributed by atoms with Crippen molar-refractivity contribution in [1.82, 2.24) is 10.6 Å². The summed E-state index contributed by atoms with van der Waals surface area (Å²) >= 11 is 5.77. The minimum atomic E-state index is -4.49. The minimum Gasteiger partial charge on any atom is -0.482 e. The van der Waals surface area contributed by atoms with Crippen LogP contribution in [0.5, 0.6) is 5.75 Å². The van der Waals surface area contributed by atoms with Crippen LogP contribution in [0.15, 0.2) is 18.2 Å². The van der Waals surface area contributed by atoms with Crippen molar-refractivity contribution in [2.45, 2.75) is 13.1 Å². The Morgan fingerprint density at radius 3 is 2.61 bits per heavy atom. The van der Waals surface area contributed by atoms with Gasteiger partial charge in [-0.2, -0.15) is 13.2 Å². The third kappa shape index (κ3) is 7.59. The maximum atomic E-state index is 12.2. The molecule has 0 saturated heterocycles. The van der Waals surface area contributed by atoms with Crippen LogP contribution in [-0.2, 0) is 4.79 Å². The quantitative estimate of drug-likeness (QED) is 0.734. The molecule has 0 fully saturated rings. The molecule has 0 aliphatic heterocycles. The Labute approximate surface area is 135 Å². The fourth-order valence-electron chi connectivity index (χ4n) is 1.48. The molecule has 0 aromatic heterocycles. The lowest BCUT2D eigenvalue weighted by Crippen LogP contribution is -2.41. The molecule has 6 nitrogen and oxygen atoms in total. The van der Waals surface area contributed by atoms with Crippen LogP contribution < -0.4 is 20.7 Å². The summed E-state index contributed by atoms with van der Waals surface area (Å²) in [5.41, 5.74) is 0.104. The van der Waals surface area contributed by atoms with E-state index in [-0.39, 0.29) is 23.0 Å². The third-order valence-electron chi connectivity index (χ3n) is 2.36. The smallest absolute Gasteiger partial charge is 0.422 e. The zero-order valence-electron chi connectivity index (χ0n) is 12.1. The number of ether oxygens (including phenoxy) is 1. The van der Waals surface area contributed by atoms with Crippen LogP contribution in [0.1, 0.15) is 6.92 Å². The number of hydrogen-bond donors (Lipinski definition) is 3. The number of carbonyl (C=O) groups excluding carboxylic acids is 2.